The molecule has 0 atom stereocenters. The quantitative estimate of drug-likeness (QED) is 0.703. The Bertz CT molecular complexity index is 732. The maximum atomic E-state index is 12.5. The summed E-state index contributed by atoms with van der Waals surface area (Å²) in [6.07, 6.45) is 1.49. The molecular formula is C23H35ClN2O3. The van der Waals surface area contributed by atoms with Gasteiger partial charge >= 0.3 is 0 Å². The SMILES string of the molecule is Cc1ccc(OCC(=O)NC2CCN(C(=O)C(C)(C)CCl)CC2)c(C(C)(C)C)c1. The van der Waals surface area contributed by atoms with Gasteiger partial charge in [0.15, 0.2) is 6.61 Å². The van der Waals surface area contributed by atoms with Crippen molar-refractivity contribution in [2.45, 2.75) is 65.8 Å². The predicted octanol–water partition coefficient (Wildman–Crippen LogP) is 4.04. The van der Waals surface area contributed by atoms with Gasteiger partial charge in [-0.25, -0.2) is 0 Å². The number of amides is 2. The summed E-state index contributed by atoms with van der Waals surface area (Å²) in [5.74, 6) is 1.00. The van der Waals surface area contributed by atoms with Crippen LogP contribution in [-0.2, 0) is 15.0 Å². The fraction of sp³-hybridized carbons (Fsp3) is 0.652. The summed E-state index contributed by atoms with van der Waals surface area (Å²) >= 11 is 5.92. The molecule has 1 saturated heterocycles. The second kappa shape index (κ2) is 9.38. The van der Waals surface area contributed by atoms with Crippen LogP contribution >= 0.6 is 11.6 Å². The monoisotopic (exact) mass is 422 g/mol. The van der Waals surface area contributed by atoms with E-state index in [2.05, 4.69) is 39.1 Å². The summed E-state index contributed by atoms with van der Waals surface area (Å²) in [5, 5.41) is 3.04. The molecule has 0 radical (unpaired) electrons. The van der Waals surface area contributed by atoms with Gasteiger partial charge in [-0.2, -0.15) is 0 Å². The van der Waals surface area contributed by atoms with E-state index in [0.29, 0.717) is 19.0 Å². The number of nitrogens with zero attached hydrogens (tertiary/aromatic N) is 1. The molecule has 5 nitrogen and oxygen atoms in total. The molecule has 0 spiro atoms. The zero-order chi connectivity index (χ0) is 21.8. The molecular weight excluding hydrogens is 388 g/mol. The molecule has 0 bridgehead atoms. The second-order valence-corrected chi connectivity index (χ2v) is 9.96. The Morgan fingerprint density at radius 3 is 2.34 bits per heavy atom. The maximum Gasteiger partial charge on any atom is 0.258 e. The summed E-state index contributed by atoms with van der Waals surface area (Å²) in [5.41, 5.74) is 1.66. The minimum Gasteiger partial charge on any atom is -0.483 e. The van der Waals surface area contributed by atoms with Gasteiger partial charge in [-0.15, -0.1) is 11.6 Å². The molecule has 1 aliphatic rings. The van der Waals surface area contributed by atoms with Crippen LogP contribution < -0.4 is 10.1 Å². The van der Waals surface area contributed by atoms with Crippen LogP contribution in [0.4, 0.5) is 0 Å². The number of rotatable bonds is 6. The first-order chi connectivity index (χ1) is 13.4. The van der Waals surface area contributed by atoms with Gasteiger partial charge in [0.1, 0.15) is 5.75 Å². The van der Waals surface area contributed by atoms with E-state index in [-0.39, 0.29) is 29.9 Å². The van der Waals surface area contributed by atoms with Crippen LogP contribution in [0.15, 0.2) is 18.2 Å². The fourth-order valence-corrected chi connectivity index (χ4v) is 3.59. The van der Waals surface area contributed by atoms with Gasteiger partial charge in [0.05, 0.1) is 5.41 Å². The average molecular weight is 423 g/mol. The van der Waals surface area contributed by atoms with Gasteiger partial charge in [0.25, 0.3) is 5.91 Å². The predicted molar refractivity (Wildman–Crippen MR) is 118 cm³/mol. The number of benzene rings is 1. The highest BCUT2D eigenvalue weighted by atomic mass is 35.5. The molecule has 1 aliphatic heterocycles. The van der Waals surface area contributed by atoms with Crippen LogP contribution in [0.3, 0.4) is 0 Å². The fourth-order valence-electron chi connectivity index (χ4n) is 3.48. The molecule has 162 valence electrons. The van der Waals surface area contributed by atoms with Crippen molar-refractivity contribution < 1.29 is 14.3 Å². The van der Waals surface area contributed by atoms with E-state index in [1.165, 1.54) is 5.56 Å². The first-order valence-electron chi connectivity index (χ1n) is 10.3. The Morgan fingerprint density at radius 2 is 1.79 bits per heavy atom. The van der Waals surface area contributed by atoms with Crippen molar-refractivity contribution in [1.29, 1.82) is 0 Å². The number of halogens is 1. The number of likely N-dealkylation sites (tertiary alicyclic amines) is 1. The Balaban J connectivity index is 1.85. The zero-order valence-electron chi connectivity index (χ0n) is 18.6. The average Bonchev–Trinajstić information content (AvgIpc) is 2.66. The number of carbonyl (C=O) groups excluding carboxylic acids is 2. The largest absolute Gasteiger partial charge is 0.483 e. The Labute approximate surface area is 180 Å². The standard InChI is InChI=1S/C23H35ClN2O3/c1-16-7-8-19(18(13-16)22(2,3)4)29-14-20(27)25-17-9-11-26(12-10-17)21(28)23(5,6)15-24/h7-8,13,17H,9-12,14-15H2,1-6H3,(H,25,27). The second-order valence-electron chi connectivity index (χ2n) is 9.69. The number of ether oxygens (including phenoxy) is 1. The number of alkyl halides is 1. The van der Waals surface area contributed by atoms with E-state index < -0.39 is 5.41 Å². The molecule has 0 unspecified atom stereocenters. The molecule has 0 aliphatic carbocycles. The molecule has 1 fully saturated rings. The first-order valence-corrected chi connectivity index (χ1v) is 10.9. The van der Waals surface area contributed by atoms with Crippen LogP contribution in [0.2, 0.25) is 0 Å². The van der Waals surface area contributed by atoms with Crippen molar-refractivity contribution in [3.63, 3.8) is 0 Å². The third-order valence-corrected chi connectivity index (χ3v) is 6.03. The molecule has 1 N–H and O–H groups in total. The molecule has 6 heteroatoms. The van der Waals surface area contributed by atoms with E-state index in [1.54, 1.807) is 0 Å². The summed E-state index contributed by atoms with van der Waals surface area (Å²) in [6.45, 7) is 13.4. The van der Waals surface area contributed by atoms with Gasteiger partial charge in [-0.05, 0) is 50.7 Å². The van der Waals surface area contributed by atoms with Crippen molar-refractivity contribution in [3.8, 4) is 5.75 Å². The molecule has 2 rings (SSSR count). The first kappa shape index (κ1) is 23.5. The van der Waals surface area contributed by atoms with E-state index >= 15 is 0 Å². The third kappa shape index (κ3) is 6.36. The van der Waals surface area contributed by atoms with Crippen molar-refractivity contribution in [3.05, 3.63) is 29.3 Å². The number of piperidine rings is 1. The summed E-state index contributed by atoms with van der Waals surface area (Å²) in [6, 6.07) is 6.11. The molecule has 1 aromatic rings. The highest BCUT2D eigenvalue weighted by molar-refractivity contribution is 6.19. The zero-order valence-corrected chi connectivity index (χ0v) is 19.4. The number of carbonyl (C=O) groups is 2. The van der Waals surface area contributed by atoms with Crippen molar-refractivity contribution >= 4 is 23.4 Å². The maximum absolute atomic E-state index is 12.5. The minimum absolute atomic E-state index is 0.00936. The van der Waals surface area contributed by atoms with Crippen LogP contribution in [0.25, 0.3) is 0 Å². The lowest BCUT2D eigenvalue weighted by Gasteiger charge is -2.36. The summed E-state index contributed by atoms with van der Waals surface area (Å²) in [7, 11) is 0. The molecule has 0 aromatic heterocycles. The lowest BCUT2D eigenvalue weighted by Crippen LogP contribution is -2.50. The van der Waals surface area contributed by atoms with Crippen molar-refractivity contribution in [2.24, 2.45) is 5.41 Å². The van der Waals surface area contributed by atoms with Crippen LogP contribution in [-0.4, -0.2) is 48.3 Å². The van der Waals surface area contributed by atoms with Crippen LogP contribution in [0.5, 0.6) is 5.75 Å². The summed E-state index contributed by atoms with van der Waals surface area (Å²) < 4.78 is 5.85. The lowest BCUT2D eigenvalue weighted by atomic mass is 9.85. The van der Waals surface area contributed by atoms with Gasteiger partial charge < -0.3 is 15.0 Å². The third-order valence-electron chi connectivity index (χ3n) is 5.36. The molecule has 2 amide bonds. The van der Waals surface area contributed by atoms with E-state index in [4.69, 9.17) is 16.3 Å². The van der Waals surface area contributed by atoms with Gasteiger partial charge in [0.2, 0.25) is 5.91 Å². The normalized spacial score (nSPS) is 15.9. The van der Waals surface area contributed by atoms with Crippen molar-refractivity contribution in [2.75, 3.05) is 25.6 Å². The number of nitrogens with one attached hydrogen (secondary N) is 1. The lowest BCUT2D eigenvalue weighted by molar-refractivity contribution is -0.140. The van der Waals surface area contributed by atoms with Gasteiger partial charge in [-0.3, -0.25) is 9.59 Å². The topological polar surface area (TPSA) is 58.6 Å². The van der Waals surface area contributed by atoms with Crippen LogP contribution in [0.1, 0.15) is 58.6 Å². The Morgan fingerprint density at radius 1 is 1.17 bits per heavy atom. The Hall–Kier alpha value is -1.75. The highest BCUT2D eigenvalue weighted by Gasteiger charge is 2.33. The number of aryl methyl sites for hydroxylation is 1. The number of hydrogen-bond donors (Lipinski definition) is 1. The van der Waals surface area contributed by atoms with E-state index in [1.807, 2.05) is 30.9 Å². The molecule has 1 aromatic carbocycles. The smallest absolute Gasteiger partial charge is 0.258 e. The Kier molecular flexibility index (Phi) is 7.61. The van der Waals surface area contributed by atoms with E-state index in [0.717, 1.165) is 24.2 Å². The molecule has 0 saturated carbocycles. The highest BCUT2D eigenvalue weighted by Crippen LogP contribution is 2.32. The van der Waals surface area contributed by atoms with Gasteiger partial charge in [-0.1, -0.05) is 38.5 Å². The van der Waals surface area contributed by atoms with Crippen molar-refractivity contribution in [1.82, 2.24) is 10.2 Å². The van der Waals surface area contributed by atoms with E-state index in [9.17, 15) is 9.59 Å². The van der Waals surface area contributed by atoms with Crippen LogP contribution in [0, 0.1) is 12.3 Å². The summed E-state index contributed by atoms with van der Waals surface area (Å²) in [4.78, 5) is 26.8. The van der Waals surface area contributed by atoms with Gasteiger partial charge in [0, 0.05) is 25.0 Å². The molecule has 1 heterocycles. The minimum atomic E-state index is -0.551. The number of hydrogen-bond acceptors (Lipinski definition) is 3. The molecule has 29 heavy (non-hydrogen) atoms.